The molecule has 1 rings (SSSR count). The van der Waals surface area contributed by atoms with Gasteiger partial charge in [0.15, 0.2) is 0 Å². The molecule has 0 aliphatic carbocycles. The summed E-state index contributed by atoms with van der Waals surface area (Å²) in [4.78, 5) is 4.33. The summed E-state index contributed by atoms with van der Waals surface area (Å²) in [7, 11) is -2.48. The highest BCUT2D eigenvalue weighted by molar-refractivity contribution is 6.60. The molecule has 0 aliphatic rings. The third-order valence-corrected chi connectivity index (χ3v) is 5.89. The number of hydrogen-bond donors (Lipinski definition) is 0. The molecule has 108 valence electrons. The SMILES string of the molecule is CCO[Si](CCCc1ccccn1)(OCC)OCC. The summed E-state index contributed by atoms with van der Waals surface area (Å²) in [6.07, 6.45) is 3.74. The van der Waals surface area contributed by atoms with Crippen LogP contribution in [0.1, 0.15) is 32.9 Å². The Hall–Kier alpha value is -0.753. The average Bonchev–Trinajstić information content (AvgIpc) is 2.41. The lowest BCUT2D eigenvalue weighted by atomic mass is 10.2. The van der Waals surface area contributed by atoms with Crippen molar-refractivity contribution in [1.82, 2.24) is 4.98 Å². The Kier molecular flexibility index (Phi) is 7.89. The van der Waals surface area contributed by atoms with Crippen LogP contribution in [0.15, 0.2) is 24.4 Å². The standard InChI is InChI=1S/C14H25NO3Si/c1-4-16-19(17-5-2,18-6-3)13-9-11-14-10-7-8-12-15-14/h7-8,10,12H,4-6,9,11,13H2,1-3H3. The van der Waals surface area contributed by atoms with Crippen LogP contribution in [0, 0.1) is 0 Å². The van der Waals surface area contributed by atoms with Crippen LogP contribution in [0.25, 0.3) is 0 Å². The van der Waals surface area contributed by atoms with E-state index in [1.54, 1.807) is 0 Å². The molecule has 0 aliphatic heterocycles. The lowest BCUT2D eigenvalue weighted by molar-refractivity contribution is 0.0708. The highest BCUT2D eigenvalue weighted by atomic mass is 28.4. The molecular formula is C14H25NO3Si. The van der Waals surface area contributed by atoms with E-state index in [1.807, 2.05) is 45.2 Å². The van der Waals surface area contributed by atoms with Gasteiger partial charge in [0.1, 0.15) is 0 Å². The number of nitrogens with zero attached hydrogens (tertiary/aromatic N) is 1. The molecule has 0 bridgehead atoms. The minimum atomic E-state index is -2.48. The first-order valence-electron chi connectivity index (χ1n) is 7.08. The van der Waals surface area contributed by atoms with Crippen molar-refractivity contribution in [2.75, 3.05) is 19.8 Å². The van der Waals surface area contributed by atoms with Gasteiger partial charge >= 0.3 is 8.80 Å². The van der Waals surface area contributed by atoms with E-state index in [1.165, 1.54) is 0 Å². The highest BCUT2D eigenvalue weighted by Crippen LogP contribution is 2.19. The first-order chi connectivity index (χ1) is 9.26. The van der Waals surface area contributed by atoms with Crippen molar-refractivity contribution in [1.29, 1.82) is 0 Å². The van der Waals surface area contributed by atoms with E-state index in [0.717, 1.165) is 24.6 Å². The fourth-order valence-electron chi connectivity index (χ4n) is 2.03. The molecule has 4 nitrogen and oxygen atoms in total. The molecule has 0 aromatic carbocycles. The molecule has 1 heterocycles. The zero-order chi connectivity index (χ0) is 14.0. The quantitative estimate of drug-likeness (QED) is 0.619. The fourth-order valence-corrected chi connectivity index (χ4v) is 4.65. The molecule has 1 aromatic heterocycles. The van der Waals surface area contributed by atoms with Gasteiger partial charge in [0, 0.05) is 37.8 Å². The second kappa shape index (κ2) is 9.20. The Morgan fingerprint density at radius 1 is 1.00 bits per heavy atom. The Balaban J connectivity index is 2.51. The van der Waals surface area contributed by atoms with Gasteiger partial charge in [0.25, 0.3) is 0 Å². The molecule has 1 aromatic rings. The van der Waals surface area contributed by atoms with Gasteiger partial charge in [-0.25, -0.2) is 0 Å². The number of rotatable bonds is 10. The summed E-state index contributed by atoms with van der Waals surface area (Å²) < 4.78 is 17.5. The van der Waals surface area contributed by atoms with Crippen LogP contribution in [0.2, 0.25) is 6.04 Å². The molecular weight excluding hydrogens is 258 g/mol. The number of aryl methyl sites for hydroxylation is 1. The molecule has 0 unspecified atom stereocenters. The van der Waals surface area contributed by atoms with Crippen LogP contribution >= 0.6 is 0 Å². The lowest BCUT2D eigenvalue weighted by Gasteiger charge is -2.28. The summed E-state index contributed by atoms with van der Waals surface area (Å²) in [5.74, 6) is 0. The van der Waals surface area contributed by atoms with Crippen molar-refractivity contribution in [3.8, 4) is 0 Å². The van der Waals surface area contributed by atoms with Crippen LogP contribution in [0.4, 0.5) is 0 Å². The molecule has 0 atom stereocenters. The Labute approximate surface area is 117 Å². The number of hydrogen-bond acceptors (Lipinski definition) is 4. The van der Waals surface area contributed by atoms with Gasteiger partial charge in [-0.15, -0.1) is 0 Å². The van der Waals surface area contributed by atoms with Gasteiger partial charge in [0.05, 0.1) is 0 Å². The minimum absolute atomic E-state index is 0.635. The molecule has 0 saturated carbocycles. The molecule has 0 spiro atoms. The second-order valence-corrected chi connectivity index (χ2v) is 6.89. The topological polar surface area (TPSA) is 40.6 Å². The van der Waals surface area contributed by atoms with Gasteiger partial charge in [-0.05, 0) is 45.7 Å². The maximum atomic E-state index is 5.82. The Bertz CT molecular complexity index is 318. The number of pyridine rings is 1. The van der Waals surface area contributed by atoms with Crippen LogP contribution < -0.4 is 0 Å². The normalized spacial score (nSPS) is 11.7. The smallest absolute Gasteiger partial charge is 0.374 e. The van der Waals surface area contributed by atoms with Crippen LogP contribution in [-0.2, 0) is 19.7 Å². The lowest BCUT2D eigenvalue weighted by Crippen LogP contribution is -2.46. The van der Waals surface area contributed by atoms with Gasteiger partial charge in [-0.3, -0.25) is 4.98 Å². The van der Waals surface area contributed by atoms with E-state index in [-0.39, 0.29) is 0 Å². The van der Waals surface area contributed by atoms with Crippen molar-refractivity contribution >= 4 is 8.80 Å². The van der Waals surface area contributed by atoms with E-state index >= 15 is 0 Å². The van der Waals surface area contributed by atoms with E-state index in [4.69, 9.17) is 13.3 Å². The molecule has 0 saturated heterocycles. The molecule has 0 amide bonds. The summed E-state index contributed by atoms with van der Waals surface area (Å²) in [5.41, 5.74) is 1.11. The van der Waals surface area contributed by atoms with Gasteiger partial charge in [-0.2, -0.15) is 0 Å². The molecule has 0 radical (unpaired) electrons. The average molecular weight is 283 g/mol. The van der Waals surface area contributed by atoms with E-state index in [9.17, 15) is 0 Å². The van der Waals surface area contributed by atoms with E-state index in [2.05, 4.69) is 4.98 Å². The zero-order valence-electron chi connectivity index (χ0n) is 12.2. The fraction of sp³-hybridized carbons (Fsp3) is 0.643. The number of aromatic nitrogens is 1. The minimum Gasteiger partial charge on any atom is -0.374 e. The maximum absolute atomic E-state index is 5.82. The van der Waals surface area contributed by atoms with Crippen molar-refractivity contribution in [3.05, 3.63) is 30.1 Å². The highest BCUT2D eigenvalue weighted by Gasteiger charge is 2.39. The van der Waals surface area contributed by atoms with E-state index < -0.39 is 8.80 Å². The van der Waals surface area contributed by atoms with Gasteiger partial charge in [0.2, 0.25) is 0 Å². The van der Waals surface area contributed by atoms with Gasteiger partial charge in [-0.1, -0.05) is 6.07 Å². The molecule has 5 heteroatoms. The predicted octanol–water partition coefficient (Wildman–Crippen LogP) is 3.06. The van der Waals surface area contributed by atoms with Crippen LogP contribution in [0.3, 0.4) is 0 Å². The zero-order valence-corrected chi connectivity index (χ0v) is 13.2. The molecule has 0 fully saturated rings. The maximum Gasteiger partial charge on any atom is 0.500 e. The van der Waals surface area contributed by atoms with Crippen molar-refractivity contribution < 1.29 is 13.3 Å². The Morgan fingerprint density at radius 2 is 1.63 bits per heavy atom. The van der Waals surface area contributed by atoms with E-state index in [0.29, 0.717) is 19.8 Å². The largest absolute Gasteiger partial charge is 0.500 e. The van der Waals surface area contributed by atoms with Crippen LogP contribution in [0.5, 0.6) is 0 Å². The third kappa shape index (κ3) is 5.82. The van der Waals surface area contributed by atoms with Crippen molar-refractivity contribution in [2.45, 2.75) is 39.7 Å². The molecule has 19 heavy (non-hydrogen) atoms. The first kappa shape index (κ1) is 16.3. The second-order valence-electron chi connectivity index (χ2n) is 4.16. The third-order valence-electron chi connectivity index (χ3n) is 2.73. The van der Waals surface area contributed by atoms with Crippen molar-refractivity contribution in [2.24, 2.45) is 0 Å². The molecule has 0 N–H and O–H groups in total. The summed E-state index contributed by atoms with van der Waals surface area (Å²) in [6.45, 7) is 7.86. The van der Waals surface area contributed by atoms with Crippen molar-refractivity contribution in [3.63, 3.8) is 0 Å². The summed E-state index contributed by atoms with van der Waals surface area (Å²) in [6, 6.07) is 6.84. The summed E-state index contributed by atoms with van der Waals surface area (Å²) >= 11 is 0. The summed E-state index contributed by atoms with van der Waals surface area (Å²) in [5, 5.41) is 0. The van der Waals surface area contributed by atoms with Crippen LogP contribution in [-0.4, -0.2) is 33.6 Å². The Morgan fingerprint density at radius 3 is 2.11 bits per heavy atom. The first-order valence-corrected chi connectivity index (χ1v) is 9.01. The predicted molar refractivity (Wildman–Crippen MR) is 78.0 cm³/mol. The van der Waals surface area contributed by atoms with Gasteiger partial charge < -0.3 is 13.3 Å². The monoisotopic (exact) mass is 283 g/mol.